The zero-order valence-electron chi connectivity index (χ0n) is 16.5. The van der Waals surface area contributed by atoms with Crippen LogP contribution >= 0.6 is 0 Å². The van der Waals surface area contributed by atoms with Crippen molar-refractivity contribution in [2.24, 2.45) is 17.6 Å². The monoisotopic (exact) mass is 388 g/mol. The number of nitrogens with one attached hydrogen (secondary N) is 3. The highest BCUT2D eigenvalue weighted by Crippen LogP contribution is 2.07. The van der Waals surface area contributed by atoms with Crippen LogP contribution in [0, 0.1) is 11.8 Å². The van der Waals surface area contributed by atoms with Gasteiger partial charge in [0.1, 0.15) is 12.1 Å². The van der Waals surface area contributed by atoms with Crippen molar-refractivity contribution in [2.75, 3.05) is 6.54 Å². The number of aliphatic hydroxyl groups is 1. The van der Waals surface area contributed by atoms with Crippen molar-refractivity contribution in [3.8, 4) is 0 Å². The molecular weight excluding hydrogens is 356 g/mol. The summed E-state index contributed by atoms with van der Waals surface area (Å²) in [5, 5.41) is 25.9. The topological polar surface area (TPSA) is 171 Å². The number of nitrogens with two attached hydrogens (primary N) is 1. The first-order valence-corrected chi connectivity index (χ1v) is 8.96. The summed E-state index contributed by atoms with van der Waals surface area (Å²) in [6.45, 7) is 7.79. The number of amides is 3. The van der Waals surface area contributed by atoms with Gasteiger partial charge in [-0.3, -0.25) is 14.4 Å². The maximum Gasteiger partial charge on any atom is 0.326 e. The number of carboxylic acid groups (broad SMARTS) is 1. The molecule has 10 heteroatoms. The van der Waals surface area contributed by atoms with E-state index in [4.69, 9.17) is 10.8 Å². The van der Waals surface area contributed by atoms with Gasteiger partial charge in [-0.05, 0) is 18.8 Å². The lowest BCUT2D eigenvalue weighted by Gasteiger charge is -2.24. The van der Waals surface area contributed by atoms with Crippen molar-refractivity contribution in [1.82, 2.24) is 16.0 Å². The molecule has 156 valence electrons. The molecule has 0 aliphatic heterocycles. The number of carbonyl (C=O) groups is 4. The SMILES string of the molecule is CCC(C)C(NC(=O)CNC(=O)C(NC(=O)C(N)C(C)C)C(C)O)C(=O)O. The highest BCUT2D eigenvalue weighted by atomic mass is 16.4. The number of hydrogen-bond acceptors (Lipinski definition) is 6. The Morgan fingerprint density at radius 1 is 0.963 bits per heavy atom. The van der Waals surface area contributed by atoms with Crippen molar-refractivity contribution < 1.29 is 29.4 Å². The third-order valence-electron chi connectivity index (χ3n) is 4.30. The Morgan fingerprint density at radius 2 is 1.52 bits per heavy atom. The summed E-state index contributed by atoms with van der Waals surface area (Å²) in [5.41, 5.74) is 5.71. The molecule has 0 rings (SSSR count). The number of aliphatic carboxylic acids is 1. The Hall–Kier alpha value is -2.20. The maximum atomic E-state index is 12.2. The quantitative estimate of drug-likeness (QED) is 0.252. The molecule has 0 fully saturated rings. The molecule has 0 saturated carbocycles. The van der Waals surface area contributed by atoms with E-state index < -0.39 is 54.5 Å². The van der Waals surface area contributed by atoms with Crippen LogP contribution < -0.4 is 21.7 Å². The molecular formula is C17H32N4O6. The number of carboxylic acids is 1. The maximum absolute atomic E-state index is 12.2. The van der Waals surface area contributed by atoms with Crippen LogP contribution in [0.15, 0.2) is 0 Å². The number of hydrogen-bond donors (Lipinski definition) is 6. The normalized spacial score (nSPS) is 16.6. The summed E-state index contributed by atoms with van der Waals surface area (Å²) in [7, 11) is 0. The Kier molecular flexibility index (Phi) is 10.6. The second kappa shape index (κ2) is 11.5. The van der Waals surface area contributed by atoms with Gasteiger partial charge >= 0.3 is 5.97 Å². The minimum Gasteiger partial charge on any atom is -0.480 e. The molecule has 3 amide bonds. The highest BCUT2D eigenvalue weighted by Gasteiger charge is 2.30. The van der Waals surface area contributed by atoms with Crippen LogP contribution in [0.1, 0.15) is 41.0 Å². The zero-order chi connectivity index (χ0) is 21.3. The summed E-state index contributed by atoms with van der Waals surface area (Å²) in [5.74, 6) is -3.68. The van der Waals surface area contributed by atoms with Crippen LogP contribution in [-0.2, 0) is 19.2 Å². The Morgan fingerprint density at radius 3 is 1.93 bits per heavy atom. The second-order valence-corrected chi connectivity index (χ2v) is 6.98. The minimum absolute atomic E-state index is 0.165. The Labute approximate surface area is 159 Å². The predicted molar refractivity (Wildman–Crippen MR) is 98.5 cm³/mol. The highest BCUT2D eigenvalue weighted by molar-refractivity contribution is 5.93. The molecule has 7 N–H and O–H groups in total. The molecule has 0 saturated heterocycles. The molecule has 0 bridgehead atoms. The molecule has 27 heavy (non-hydrogen) atoms. The van der Waals surface area contributed by atoms with E-state index in [0.717, 1.165) is 0 Å². The molecule has 5 unspecified atom stereocenters. The van der Waals surface area contributed by atoms with E-state index in [0.29, 0.717) is 6.42 Å². The van der Waals surface area contributed by atoms with Crippen LogP contribution in [0.2, 0.25) is 0 Å². The number of rotatable bonds is 11. The van der Waals surface area contributed by atoms with Gasteiger partial charge in [0.05, 0.1) is 18.7 Å². The van der Waals surface area contributed by atoms with Gasteiger partial charge in [-0.15, -0.1) is 0 Å². The molecule has 0 aliphatic carbocycles. The first-order valence-electron chi connectivity index (χ1n) is 8.96. The number of aliphatic hydroxyl groups excluding tert-OH is 1. The van der Waals surface area contributed by atoms with Crippen molar-refractivity contribution in [3.63, 3.8) is 0 Å². The van der Waals surface area contributed by atoms with Gasteiger partial charge in [0.15, 0.2) is 0 Å². The van der Waals surface area contributed by atoms with Crippen molar-refractivity contribution >= 4 is 23.7 Å². The fourth-order valence-corrected chi connectivity index (χ4v) is 2.14. The van der Waals surface area contributed by atoms with Gasteiger partial charge in [-0.1, -0.05) is 34.1 Å². The summed E-state index contributed by atoms with van der Waals surface area (Å²) in [6, 6.07) is -3.22. The van der Waals surface area contributed by atoms with Crippen LogP contribution in [0.5, 0.6) is 0 Å². The van der Waals surface area contributed by atoms with E-state index in [2.05, 4.69) is 16.0 Å². The molecule has 0 heterocycles. The predicted octanol–water partition coefficient (Wildman–Crippen LogP) is -1.43. The standard InChI is InChI=1S/C17H32N4O6/c1-6-9(4)13(17(26)27)20-11(23)7-19-16(25)14(10(5)22)21-15(24)12(18)8(2)3/h8-10,12-14,22H,6-7,18H2,1-5H3,(H,19,25)(H,20,23)(H,21,24)(H,26,27). The largest absolute Gasteiger partial charge is 0.480 e. The van der Waals surface area contributed by atoms with Crippen molar-refractivity contribution in [1.29, 1.82) is 0 Å². The van der Waals surface area contributed by atoms with E-state index in [1.165, 1.54) is 6.92 Å². The molecule has 0 aromatic heterocycles. The van der Waals surface area contributed by atoms with Gasteiger partial charge in [-0.25, -0.2) is 4.79 Å². The summed E-state index contributed by atoms with van der Waals surface area (Å²) < 4.78 is 0. The number of carbonyl (C=O) groups excluding carboxylic acids is 3. The third-order valence-corrected chi connectivity index (χ3v) is 4.30. The summed E-state index contributed by atoms with van der Waals surface area (Å²) in [4.78, 5) is 47.4. The lowest BCUT2D eigenvalue weighted by molar-refractivity contribution is -0.143. The lowest BCUT2D eigenvalue weighted by atomic mass is 9.99. The fraction of sp³-hybridized carbons (Fsp3) is 0.765. The van der Waals surface area contributed by atoms with Crippen molar-refractivity contribution in [2.45, 2.75) is 65.3 Å². The van der Waals surface area contributed by atoms with Crippen LogP contribution in [0.25, 0.3) is 0 Å². The summed E-state index contributed by atoms with van der Waals surface area (Å²) >= 11 is 0. The van der Waals surface area contributed by atoms with Crippen LogP contribution in [0.4, 0.5) is 0 Å². The van der Waals surface area contributed by atoms with Gasteiger partial charge < -0.3 is 31.9 Å². The van der Waals surface area contributed by atoms with E-state index in [-0.39, 0.29) is 11.8 Å². The first-order chi connectivity index (χ1) is 12.4. The Bertz CT molecular complexity index is 538. The zero-order valence-corrected chi connectivity index (χ0v) is 16.5. The van der Waals surface area contributed by atoms with Crippen molar-refractivity contribution in [3.05, 3.63) is 0 Å². The molecule has 0 aliphatic rings. The van der Waals surface area contributed by atoms with Crippen LogP contribution in [-0.4, -0.2) is 64.7 Å². The smallest absolute Gasteiger partial charge is 0.326 e. The average Bonchev–Trinajstić information content (AvgIpc) is 2.59. The van der Waals surface area contributed by atoms with E-state index in [1.54, 1.807) is 27.7 Å². The molecule has 0 aromatic rings. The third kappa shape index (κ3) is 8.35. The van der Waals surface area contributed by atoms with Gasteiger partial charge in [0.25, 0.3) is 0 Å². The average molecular weight is 388 g/mol. The lowest BCUT2D eigenvalue weighted by Crippen LogP contribution is -2.58. The molecule has 0 spiro atoms. The molecule has 5 atom stereocenters. The van der Waals surface area contributed by atoms with E-state index >= 15 is 0 Å². The molecule has 0 aromatic carbocycles. The van der Waals surface area contributed by atoms with E-state index in [1.807, 2.05) is 0 Å². The fourth-order valence-electron chi connectivity index (χ4n) is 2.14. The second-order valence-electron chi connectivity index (χ2n) is 6.98. The summed E-state index contributed by atoms with van der Waals surface area (Å²) in [6.07, 6.45) is -0.668. The molecule has 0 radical (unpaired) electrons. The molecule has 10 nitrogen and oxygen atoms in total. The van der Waals surface area contributed by atoms with Crippen LogP contribution in [0.3, 0.4) is 0 Å². The Balaban J connectivity index is 4.80. The van der Waals surface area contributed by atoms with E-state index in [9.17, 15) is 24.3 Å². The van der Waals surface area contributed by atoms with Gasteiger partial charge in [-0.2, -0.15) is 0 Å². The van der Waals surface area contributed by atoms with Gasteiger partial charge in [0.2, 0.25) is 17.7 Å². The van der Waals surface area contributed by atoms with Gasteiger partial charge in [0, 0.05) is 0 Å². The first kappa shape index (κ1) is 24.8. The minimum atomic E-state index is -1.29.